The molecule has 2 unspecified atom stereocenters. The SMILES string of the molecule is CCNCCC1CC[C@H]2CC[C@@H](C(=O)NC(c3ccccc3)c3ccccc3)N2C(=O)C1NC(=O)[C@@H](Cc1ccccc1)NC. The van der Waals surface area contributed by atoms with Gasteiger partial charge in [-0.3, -0.25) is 14.4 Å². The van der Waals surface area contributed by atoms with Crippen LogP contribution in [0.4, 0.5) is 0 Å². The Morgan fingerprint density at radius 3 is 2.04 bits per heavy atom. The van der Waals surface area contributed by atoms with E-state index in [9.17, 15) is 14.4 Å². The molecule has 0 saturated carbocycles. The van der Waals surface area contributed by atoms with Crippen molar-refractivity contribution in [3.05, 3.63) is 108 Å². The van der Waals surface area contributed by atoms with Gasteiger partial charge in [0.2, 0.25) is 17.7 Å². The summed E-state index contributed by atoms with van der Waals surface area (Å²) >= 11 is 0. The van der Waals surface area contributed by atoms with Crippen molar-refractivity contribution in [2.75, 3.05) is 20.1 Å². The molecule has 238 valence electrons. The van der Waals surface area contributed by atoms with Crippen LogP contribution in [0.5, 0.6) is 0 Å². The Kier molecular flexibility index (Phi) is 11.4. The Morgan fingerprint density at radius 1 is 0.844 bits per heavy atom. The summed E-state index contributed by atoms with van der Waals surface area (Å²) < 4.78 is 0. The standard InChI is InChI=1S/C37H47N5O3/c1-3-39-24-23-29-19-20-30-21-22-32(36(44)40-33(27-15-9-5-10-16-27)28-17-11-6-12-18-28)42(30)37(45)34(29)41-35(43)31(38-2)25-26-13-7-4-8-14-26/h4-18,29-34,38-39H,3,19-25H2,1-2H3,(H,40,44)(H,41,43)/t29?,30-,31+,32-,34?/m0/s1. The number of amides is 3. The minimum Gasteiger partial charge on any atom is -0.343 e. The third kappa shape index (κ3) is 7.99. The monoisotopic (exact) mass is 609 g/mol. The van der Waals surface area contributed by atoms with Crippen LogP contribution >= 0.6 is 0 Å². The molecule has 0 bridgehead atoms. The van der Waals surface area contributed by atoms with E-state index in [1.54, 1.807) is 7.05 Å². The summed E-state index contributed by atoms with van der Waals surface area (Å²) in [4.78, 5) is 44.1. The first-order valence-electron chi connectivity index (χ1n) is 16.4. The van der Waals surface area contributed by atoms with Crippen LogP contribution in [-0.2, 0) is 20.8 Å². The highest BCUT2D eigenvalue weighted by Gasteiger charge is 2.47. The lowest BCUT2D eigenvalue weighted by molar-refractivity contribution is -0.143. The number of nitrogens with one attached hydrogen (secondary N) is 4. The van der Waals surface area contributed by atoms with Gasteiger partial charge in [-0.2, -0.15) is 0 Å². The van der Waals surface area contributed by atoms with E-state index in [-0.39, 0.29) is 35.7 Å². The second-order valence-electron chi connectivity index (χ2n) is 12.3. The molecule has 0 radical (unpaired) electrons. The molecule has 8 nitrogen and oxygen atoms in total. The van der Waals surface area contributed by atoms with Crippen LogP contribution in [-0.4, -0.2) is 66.9 Å². The van der Waals surface area contributed by atoms with Crippen molar-refractivity contribution in [1.82, 2.24) is 26.2 Å². The maximum Gasteiger partial charge on any atom is 0.246 e. The Hall–Kier alpha value is -4.01. The van der Waals surface area contributed by atoms with Crippen molar-refractivity contribution >= 4 is 17.7 Å². The molecule has 2 aliphatic heterocycles. The maximum absolute atomic E-state index is 14.5. The van der Waals surface area contributed by atoms with Gasteiger partial charge in [0.15, 0.2) is 0 Å². The van der Waals surface area contributed by atoms with Gasteiger partial charge in [0.1, 0.15) is 12.1 Å². The van der Waals surface area contributed by atoms with Crippen molar-refractivity contribution in [2.24, 2.45) is 5.92 Å². The number of benzene rings is 3. The smallest absolute Gasteiger partial charge is 0.246 e. The molecule has 3 aromatic carbocycles. The molecule has 5 rings (SSSR count). The van der Waals surface area contributed by atoms with E-state index in [0.29, 0.717) is 12.8 Å². The minimum atomic E-state index is -0.694. The summed E-state index contributed by atoms with van der Waals surface area (Å²) in [6.45, 7) is 3.68. The van der Waals surface area contributed by atoms with Gasteiger partial charge in [0.25, 0.3) is 0 Å². The molecule has 0 aromatic heterocycles. The van der Waals surface area contributed by atoms with E-state index < -0.39 is 18.1 Å². The topological polar surface area (TPSA) is 103 Å². The van der Waals surface area contributed by atoms with Crippen molar-refractivity contribution in [2.45, 2.75) is 75.7 Å². The molecule has 45 heavy (non-hydrogen) atoms. The highest BCUT2D eigenvalue weighted by Crippen LogP contribution is 2.35. The van der Waals surface area contributed by atoms with Crippen LogP contribution in [0.15, 0.2) is 91.0 Å². The van der Waals surface area contributed by atoms with Gasteiger partial charge in [0.05, 0.1) is 12.1 Å². The summed E-state index contributed by atoms with van der Waals surface area (Å²) in [7, 11) is 1.78. The van der Waals surface area contributed by atoms with Crippen molar-refractivity contribution in [3.63, 3.8) is 0 Å². The molecule has 2 saturated heterocycles. The third-order valence-corrected chi connectivity index (χ3v) is 9.41. The predicted octanol–water partition coefficient (Wildman–Crippen LogP) is 3.98. The first-order valence-corrected chi connectivity index (χ1v) is 16.4. The molecular formula is C37H47N5O3. The van der Waals surface area contributed by atoms with Gasteiger partial charge in [-0.25, -0.2) is 0 Å². The number of rotatable bonds is 13. The fourth-order valence-electron chi connectivity index (χ4n) is 6.97. The molecule has 5 atom stereocenters. The lowest BCUT2D eigenvalue weighted by atomic mass is 9.90. The maximum atomic E-state index is 14.5. The fraction of sp³-hybridized carbons (Fsp3) is 0.432. The van der Waals surface area contributed by atoms with Crippen LogP contribution in [0, 0.1) is 5.92 Å². The summed E-state index contributed by atoms with van der Waals surface area (Å²) in [5, 5.41) is 13.0. The van der Waals surface area contributed by atoms with E-state index in [1.165, 1.54) is 0 Å². The van der Waals surface area contributed by atoms with Crippen molar-refractivity contribution in [3.8, 4) is 0 Å². The molecule has 0 aliphatic carbocycles. The molecule has 2 fully saturated rings. The Balaban J connectivity index is 1.37. The molecular weight excluding hydrogens is 562 g/mol. The van der Waals surface area contributed by atoms with Gasteiger partial charge >= 0.3 is 0 Å². The van der Waals surface area contributed by atoms with E-state index in [4.69, 9.17) is 0 Å². The van der Waals surface area contributed by atoms with Crippen molar-refractivity contribution < 1.29 is 14.4 Å². The van der Waals surface area contributed by atoms with Gasteiger partial charge in [-0.1, -0.05) is 97.9 Å². The van der Waals surface area contributed by atoms with Gasteiger partial charge < -0.3 is 26.2 Å². The largest absolute Gasteiger partial charge is 0.343 e. The number of fused-ring (bicyclic) bond motifs is 1. The normalized spacial score (nSPS) is 22.0. The Bertz CT molecular complexity index is 1350. The quantitative estimate of drug-likeness (QED) is 0.220. The number of carbonyl (C=O) groups is 3. The summed E-state index contributed by atoms with van der Waals surface area (Å²) in [5.74, 6) is -0.516. The van der Waals surface area contributed by atoms with Crippen LogP contribution < -0.4 is 21.3 Å². The van der Waals surface area contributed by atoms with Crippen LogP contribution in [0.25, 0.3) is 0 Å². The number of hydrogen-bond donors (Lipinski definition) is 4. The zero-order valence-electron chi connectivity index (χ0n) is 26.5. The minimum absolute atomic E-state index is 0.0203. The molecule has 4 N–H and O–H groups in total. The Morgan fingerprint density at radius 2 is 1.44 bits per heavy atom. The van der Waals surface area contributed by atoms with E-state index >= 15 is 0 Å². The zero-order chi connectivity index (χ0) is 31.6. The van der Waals surface area contributed by atoms with Crippen molar-refractivity contribution in [1.29, 1.82) is 0 Å². The summed E-state index contributed by atoms with van der Waals surface area (Å²) in [5.41, 5.74) is 3.02. The second-order valence-corrected chi connectivity index (χ2v) is 12.3. The highest BCUT2D eigenvalue weighted by atomic mass is 16.2. The number of carbonyl (C=O) groups excluding carboxylic acids is 3. The first kappa shape index (κ1) is 32.4. The third-order valence-electron chi connectivity index (χ3n) is 9.41. The molecule has 2 heterocycles. The average molecular weight is 610 g/mol. The van der Waals surface area contributed by atoms with Crippen LogP contribution in [0.2, 0.25) is 0 Å². The average Bonchev–Trinajstić information content (AvgIpc) is 3.46. The van der Waals surface area contributed by atoms with E-state index in [0.717, 1.165) is 55.5 Å². The lowest BCUT2D eigenvalue weighted by Crippen LogP contribution is -2.58. The number of likely N-dealkylation sites (N-methyl/N-ethyl adjacent to an activating group) is 1. The lowest BCUT2D eigenvalue weighted by Gasteiger charge is -2.33. The van der Waals surface area contributed by atoms with Crippen LogP contribution in [0.3, 0.4) is 0 Å². The molecule has 8 heteroatoms. The molecule has 3 amide bonds. The highest BCUT2D eigenvalue weighted by molar-refractivity contribution is 5.94. The second kappa shape index (κ2) is 15.8. The summed E-state index contributed by atoms with van der Waals surface area (Å²) in [6.07, 6.45) is 4.31. The first-order chi connectivity index (χ1) is 22.0. The Labute approximate surface area is 267 Å². The summed E-state index contributed by atoms with van der Waals surface area (Å²) in [6, 6.07) is 27.6. The zero-order valence-corrected chi connectivity index (χ0v) is 26.5. The fourth-order valence-corrected chi connectivity index (χ4v) is 6.97. The molecule has 3 aromatic rings. The van der Waals surface area contributed by atoms with Crippen LogP contribution in [0.1, 0.15) is 61.8 Å². The van der Waals surface area contributed by atoms with Gasteiger partial charge in [-0.15, -0.1) is 0 Å². The molecule has 2 aliphatic rings. The molecule has 0 spiro atoms. The predicted molar refractivity (Wildman–Crippen MR) is 177 cm³/mol. The number of hydrogen-bond acceptors (Lipinski definition) is 5. The number of nitrogens with zero attached hydrogens (tertiary/aromatic N) is 1. The van der Waals surface area contributed by atoms with Gasteiger partial charge in [-0.05, 0) is 81.3 Å². The van der Waals surface area contributed by atoms with E-state index in [1.807, 2.05) is 95.9 Å². The van der Waals surface area contributed by atoms with E-state index in [2.05, 4.69) is 28.2 Å². The van der Waals surface area contributed by atoms with Gasteiger partial charge in [0, 0.05) is 6.04 Å².